The number of rotatable bonds is 6. The number of carbonyl (C=O) groups is 1. The van der Waals surface area contributed by atoms with Gasteiger partial charge in [-0.25, -0.2) is 12.7 Å². The Morgan fingerprint density at radius 1 is 1.53 bits per heavy atom. The first-order valence-corrected chi connectivity index (χ1v) is 7.26. The van der Waals surface area contributed by atoms with E-state index in [1.54, 1.807) is 0 Å². The maximum absolute atomic E-state index is 11.8. The fourth-order valence-electron chi connectivity index (χ4n) is 1.70. The molecule has 6 nitrogen and oxygen atoms in total. The minimum atomic E-state index is -3.38. The summed E-state index contributed by atoms with van der Waals surface area (Å²) in [6.45, 7) is 4.19. The number of nitrogens with zero attached hydrogens (tertiary/aromatic N) is 1. The number of carboxylic acids is 1. The van der Waals surface area contributed by atoms with Crippen molar-refractivity contribution >= 4 is 16.0 Å². The summed E-state index contributed by atoms with van der Waals surface area (Å²) in [5, 5.41) is 8.80. The Balaban J connectivity index is 2.46. The molecule has 1 fully saturated rings. The van der Waals surface area contributed by atoms with Crippen molar-refractivity contribution in [3.63, 3.8) is 0 Å². The highest BCUT2D eigenvalue weighted by Gasteiger charge is 2.34. The highest BCUT2D eigenvalue weighted by Crippen LogP contribution is 2.19. The molecule has 0 radical (unpaired) electrons. The zero-order chi connectivity index (χ0) is 13.1. The first kappa shape index (κ1) is 14.4. The molecular formula is C10H19NO5S. The molecule has 0 spiro atoms. The van der Waals surface area contributed by atoms with Crippen LogP contribution in [0.4, 0.5) is 0 Å². The molecule has 0 aromatic carbocycles. The number of carboxylic acid groups (broad SMARTS) is 1. The van der Waals surface area contributed by atoms with Gasteiger partial charge in [0.25, 0.3) is 0 Å². The number of hydrogen-bond acceptors (Lipinski definition) is 4. The fraction of sp³-hybridized carbons (Fsp3) is 0.900. The van der Waals surface area contributed by atoms with Crippen molar-refractivity contribution in [2.24, 2.45) is 5.92 Å². The van der Waals surface area contributed by atoms with E-state index in [1.165, 1.54) is 4.31 Å². The molecule has 1 aliphatic heterocycles. The molecule has 100 valence electrons. The van der Waals surface area contributed by atoms with Gasteiger partial charge in [-0.2, -0.15) is 0 Å². The molecular weight excluding hydrogens is 246 g/mol. The molecule has 0 aromatic heterocycles. The van der Waals surface area contributed by atoms with E-state index in [1.807, 2.05) is 13.8 Å². The van der Waals surface area contributed by atoms with Gasteiger partial charge >= 0.3 is 5.97 Å². The first-order valence-electron chi connectivity index (χ1n) is 5.65. The molecule has 1 atom stereocenters. The molecule has 0 saturated carbocycles. The zero-order valence-electron chi connectivity index (χ0n) is 10.1. The van der Waals surface area contributed by atoms with Crippen molar-refractivity contribution in [1.82, 2.24) is 4.31 Å². The van der Waals surface area contributed by atoms with E-state index < -0.39 is 21.9 Å². The minimum absolute atomic E-state index is 0.00412. The van der Waals surface area contributed by atoms with Gasteiger partial charge in [-0.15, -0.1) is 0 Å². The maximum atomic E-state index is 11.8. The van der Waals surface area contributed by atoms with Crippen LogP contribution in [0.15, 0.2) is 0 Å². The van der Waals surface area contributed by atoms with Crippen LogP contribution < -0.4 is 0 Å². The van der Waals surface area contributed by atoms with Gasteiger partial charge in [0, 0.05) is 13.1 Å². The highest BCUT2D eigenvalue weighted by atomic mass is 32.2. The third kappa shape index (κ3) is 4.25. The maximum Gasteiger partial charge on any atom is 0.307 e. The van der Waals surface area contributed by atoms with E-state index in [9.17, 15) is 13.2 Å². The van der Waals surface area contributed by atoms with Gasteiger partial charge in [0.15, 0.2) is 0 Å². The summed E-state index contributed by atoms with van der Waals surface area (Å²) in [5.74, 6) is -1.59. The first-order chi connectivity index (χ1) is 7.83. The van der Waals surface area contributed by atoms with Crippen LogP contribution >= 0.6 is 0 Å². The average molecular weight is 265 g/mol. The molecule has 0 amide bonds. The Morgan fingerprint density at radius 2 is 2.18 bits per heavy atom. The summed E-state index contributed by atoms with van der Waals surface area (Å²) in [7, 11) is -3.38. The number of ether oxygens (including phenoxy) is 1. The molecule has 0 aromatic rings. The summed E-state index contributed by atoms with van der Waals surface area (Å²) in [5.41, 5.74) is 0. The standard InChI is InChI=1S/C10H19NO5S/c1-8(2)16-5-6-17(14,15)11-4-3-9(7-11)10(12)13/h8-9H,3-7H2,1-2H3,(H,12,13)/t9-/m1/s1. The summed E-state index contributed by atoms with van der Waals surface area (Å²) in [6, 6.07) is 0. The SMILES string of the molecule is CC(C)OCCS(=O)(=O)N1CC[C@@H](C(=O)O)C1. The molecule has 17 heavy (non-hydrogen) atoms. The molecule has 1 aliphatic rings. The largest absolute Gasteiger partial charge is 0.481 e. The molecule has 0 aliphatic carbocycles. The van der Waals surface area contributed by atoms with E-state index in [0.717, 1.165) is 0 Å². The molecule has 0 unspecified atom stereocenters. The van der Waals surface area contributed by atoms with Crippen LogP contribution in [0.1, 0.15) is 20.3 Å². The zero-order valence-corrected chi connectivity index (χ0v) is 10.9. The molecule has 1 heterocycles. The number of hydrogen-bond donors (Lipinski definition) is 1. The van der Waals surface area contributed by atoms with Crippen molar-refractivity contribution in [3.05, 3.63) is 0 Å². The van der Waals surface area contributed by atoms with Crippen molar-refractivity contribution in [3.8, 4) is 0 Å². The van der Waals surface area contributed by atoms with Crippen LogP contribution in [-0.4, -0.2) is 55.4 Å². The second-order valence-corrected chi connectivity index (χ2v) is 6.51. The normalized spacial score (nSPS) is 22.2. The highest BCUT2D eigenvalue weighted by molar-refractivity contribution is 7.89. The van der Waals surface area contributed by atoms with Crippen LogP contribution in [0, 0.1) is 5.92 Å². The van der Waals surface area contributed by atoms with Gasteiger partial charge in [-0.3, -0.25) is 4.79 Å². The van der Waals surface area contributed by atoms with Crippen LogP contribution in [0.25, 0.3) is 0 Å². The summed E-state index contributed by atoms with van der Waals surface area (Å²) in [6.07, 6.45) is 0.384. The fourth-order valence-corrected chi connectivity index (χ4v) is 3.06. The van der Waals surface area contributed by atoms with Crippen LogP contribution in [0.3, 0.4) is 0 Å². The predicted molar refractivity (Wildman–Crippen MR) is 62.2 cm³/mol. The van der Waals surface area contributed by atoms with Crippen LogP contribution in [-0.2, 0) is 19.6 Å². The lowest BCUT2D eigenvalue weighted by atomic mass is 10.1. The Hall–Kier alpha value is -0.660. The molecule has 1 rings (SSSR count). The van der Waals surface area contributed by atoms with Gasteiger partial charge in [0.1, 0.15) is 0 Å². The molecule has 0 bridgehead atoms. The third-order valence-corrected chi connectivity index (χ3v) is 4.49. The minimum Gasteiger partial charge on any atom is -0.481 e. The average Bonchev–Trinajstić information content (AvgIpc) is 2.65. The monoisotopic (exact) mass is 265 g/mol. The molecule has 1 saturated heterocycles. The van der Waals surface area contributed by atoms with Gasteiger partial charge < -0.3 is 9.84 Å². The van der Waals surface area contributed by atoms with E-state index in [2.05, 4.69) is 0 Å². The van der Waals surface area contributed by atoms with Crippen molar-refractivity contribution in [2.75, 3.05) is 25.4 Å². The number of sulfonamides is 1. The lowest BCUT2D eigenvalue weighted by Gasteiger charge is -2.16. The number of aliphatic carboxylic acids is 1. The lowest BCUT2D eigenvalue weighted by Crippen LogP contribution is -2.33. The third-order valence-electron chi connectivity index (χ3n) is 2.69. The summed E-state index contributed by atoms with van der Waals surface area (Å²) in [4.78, 5) is 10.7. The van der Waals surface area contributed by atoms with Gasteiger partial charge in [0.2, 0.25) is 10.0 Å². The Morgan fingerprint density at radius 3 is 2.65 bits per heavy atom. The van der Waals surface area contributed by atoms with Crippen molar-refractivity contribution < 1.29 is 23.1 Å². The Bertz CT molecular complexity index is 365. The van der Waals surface area contributed by atoms with Crippen LogP contribution in [0.2, 0.25) is 0 Å². The summed E-state index contributed by atoms with van der Waals surface area (Å²) >= 11 is 0. The quantitative estimate of drug-likeness (QED) is 0.739. The smallest absolute Gasteiger partial charge is 0.307 e. The second-order valence-electron chi connectivity index (χ2n) is 4.42. The lowest BCUT2D eigenvalue weighted by molar-refractivity contribution is -0.141. The predicted octanol–water partition coefficient (Wildman–Crippen LogP) is 0.148. The van der Waals surface area contributed by atoms with E-state index in [0.29, 0.717) is 13.0 Å². The second kappa shape index (κ2) is 5.79. The Kier molecular flexibility index (Phi) is 4.91. The van der Waals surface area contributed by atoms with Gasteiger partial charge in [-0.05, 0) is 20.3 Å². The van der Waals surface area contributed by atoms with Crippen LogP contribution in [0.5, 0.6) is 0 Å². The van der Waals surface area contributed by atoms with Crippen molar-refractivity contribution in [2.45, 2.75) is 26.4 Å². The van der Waals surface area contributed by atoms with Crippen molar-refractivity contribution in [1.29, 1.82) is 0 Å². The topological polar surface area (TPSA) is 83.9 Å². The van der Waals surface area contributed by atoms with E-state index in [4.69, 9.17) is 9.84 Å². The van der Waals surface area contributed by atoms with E-state index >= 15 is 0 Å². The molecule has 1 N–H and O–H groups in total. The Labute approximate surface area is 102 Å². The van der Waals surface area contributed by atoms with Gasteiger partial charge in [0.05, 0.1) is 24.4 Å². The van der Waals surface area contributed by atoms with E-state index in [-0.39, 0.29) is 25.0 Å². The summed E-state index contributed by atoms with van der Waals surface area (Å²) < 4.78 is 30.1. The molecule has 7 heteroatoms. The van der Waals surface area contributed by atoms with Gasteiger partial charge in [-0.1, -0.05) is 0 Å².